The summed E-state index contributed by atoms with van der Waals surface area (Å²) in [6.07, 6.45) is 1.16. The van der Waals surface area contributed by atoms with Gasteiger partial charge in [0.2, 0.25) is 5.91 Å². The number of carbonyl (C=O) groups is 1. The number of thiocarbonyl (C=S) groups is 1. The van der Waals surface area contributed by atoms with Crippen molar-refractivity contribution in [2.75, 3.05) is 20.3 Å². The van der Waals surface area contributed by atoms with Gasteiger partial charge in [-0.2, -0.15) is 0 Å². The molecule has 1 aromatic heterocycles. The van der Waals surface area contributed by atoms with Crippen LogP contribution >= 0.6 is 23.6 Å². The molecule has 104 valence electrons. The molecule has 0 saturated carbocycles. The smallest absolute Gasteiger partial charge is 0.235 e. The molecule has 0 spiro atoms. The molecule has 0 aliphatic carbocycles. The van der Waals surface area contributed by atoms with Crippen LogP contribution in [0.25, 0.3) is 0 Å². The minimum absolute atomic E-state index is 0.0108. The van der Waals surface area contributed by atoms with Gasteiger partial charge in [0.1, 0.15) is 5.41 Å². The first-order valence-corrected chi connectivity index (χ1v) is 7.51. The van der Waals surface area contributed by atoms with E-state index in [1.54, 1.807) is 23.3 Å². The quantitative estimate of drug-likeness (QED) is 0.861. The summed E-state index contributed by atoms with van der Waals surface area (Å²) in [4.78, 5) is 15.9. The maximum Gasteiger partial charge on any atom is 0.235 e. The first kappa shape index (κ1) is 14.4. The maximum absolute atomic E-state index is 12.7. The molecule has 1 aliphatic rings. The third-order valence-corrected chi connectivity index (χ3v) is 4.80. The lowest BCUT2D eigenvalue weighted by Crippen LogP contribution is -2.52. The Morgan fingerprint density at radius 3 is 2.79 bits per heavy atom. The van der Waals surface area contributed by atoms with E-state index in [2.05, 4.69) is 0 Å². The van der Waals surface area contributed by atoms with Crippen LogP contribution < -0.4 is 5.73 Å². The topological polar surface area (TPSA) is 55.6 Å². The summed E-state index contributed by atoms with van der Waals surface area (Å²) in [5.74, 6) is 0.0108. The van der Waals surface area contributed by atoms with Gasteiger partial charge in [0, 0.05) is 25.1 Å². The molecule has 2 rings (SSSR count). The van der Waals surface area contributed by atoms with Crippen molar-refractivity contribution in [3.05, 3.63) is 22.4 Å². The number of thiophene rings is 1. The van der Waals surface area contributed by atoms with E-state index >= 15 is 0 Å². The molecule has 0 atom stereocenters. The molecule has 0 aromatic carbocycles. The summed E-state index contributed by atoms with van der Waals surface area (Å²) >= 11 is 6.79. The fourth-order valence-electron chi connectivity index (χ4n) is 2.36. The predicted molar refractivity (Wildman–Crippen MR) is 80.1 cm³/mol. The van der Waals surface area contributed by atoms with Gasteiger partial charge in [0.15, 0.2) is 0 Å². The predicted octanol–water partition coefficient (Wildman–Crippen LogP) is 1.79. The monoisotopic (exact) mass is 298 g/mol. The third-order valence-electron chi connectivity index (χ3n) is 3.55. The number of hydrogen-bond acceptors (Lipinski definition) is 4. The summed E-state index contributed by atoms with van der Waals surface area (Å²) in [7, 11) is 1.80. The highest BCUT2D eigenvalue weighted by atomic mass is 32.1. The molecular weight excluding hydrogens is 280 g/mol. The molecule has 1 aromatic rings. The summed E-state index contributed by atoms with van der Waals surface area (Å²) in [5, 5.41) is 2.01. The van der Waals surface area contributed by atoms with E-state index in [4.69, 9.17) is 22.7 Å². The number of nitrogens with zero attached hydrogens (tertiary/aromatic N) is 1. The Kier molecular flexibility index (Phi) is 4.54. The van der Waals surface area contributed by atoms with Crippen molar-refractivity contribution in [3.63, 3.8) is 0 Å². The zero-order valence-corrected chi connectivity index (χ0v) is 12.6. The van der Waals surface area contributed by atoms with Crippen LogP contribution in [0.3, 0.4) is 0 Å². The maximum atomic E-state index is 12.7. The Balaban J connectivity index is 2.13. The van der Waals surface area contributed by atoms with Gasteiger partial charge >= 0.3 is 0 Å². The molecular formula is C13H18N2O2S2. The molecule has 19 heavy (non-hydrogen) atoms. The zero-order valence-electron chi connectivity index (χ0n) is 10.9. The van der Waals surface area contributed by atoms with Gasteiger partial charge in [-0.3, -0.25) is 4.79 Å². The van der Waals surface area contributed by atoms with E-state index in [1.807, 2.05) is 17.5 Å². The second-order valence-electron chi connectivity index (χ2n) is 4.80. The fraction of sp³-hybridized carbons (Fsp3) is 0.538. The van der Waals surface area contributed by atoms with Crippen LogP contribution in [0.1, 0.15) is 17.7 Å². The molecule has 1 fully saturated rings. The number of nitrogens with two attached hydrogens (primary N) is 1. The van der Waals surface area contributed by atoms with E-state index in [0.29, 0.717) is 37.6 Å². The van der Waals surface area contributed by atoms with Gasteiger partial charge in [-0.05, 0) is 24.3 Å². The first-order valence-electron chi connectivity index (χ1n) is 6.22. The van der Waals surface area contributed by atoms with Gasteiger partial charge in [-0.25, -0.2) is 0 Å². The van der Waals surface area contributed by atoms with E-state index in [1.165, 1.54) is 0 Å². The van der Waals surface area contributed by atoms with Gasteiger partial charge in [0.05, 0.1) is 11.5 Å². The van der Waals surface area contributed by atoms with Crippen molar-refractivity contribution in [1.82, 2.24) is 4.90 Å². The Bertz CT molecular complexity index is 453. The fourth-order valence-corrected chi connectivity index (χ4v) is 3.41. The molecule has 1 amide bonds. The van der Waals surface area contributed by atoms with Crippen LogP contribution in [-0.2, 0) is 16.1 Å². The van der Waals surface area contributed by atoms with E-state index in [9.17, 15) is 4.79 Å². The molecule has 1 aliphatic heterocycles. The normalized spacial score (nSPS) is 17.9. The zero-order chi connectivity index (χ0) is 13.9. The largest absolute Gasteiger partial charge is 0.392 e. The van der Waals surface area contributed by atoms with Gasteiger partial charge in [-0.1, -0.05) is 18.3 Å². The van der Waals surface area contributed by atoms with Crippen molar-refractivity contribution >= 4 is 34.5 Å². The minimum Gasteiger partial charge on any atom is -0.392 e. The lowest BCUT2D eigenvalue weighted by molar-refractivity contribution is -0.141. The lowest BCUT2D eigenvalue weighted by Gasteiger charge is -2.37. The number of hydrogen-bond donors (Lipinski definition) is 1. The Hall–Kier alpha value is -0.980. The van der Waals surface area contributed by atoms with Crippen molar-refractivity contribution in [1.29, 1.82) is 0 Å². The molecule has 1 saturated heterocycles. The number of amides is 1. The van der Waals surface area contributed by atoms with Gasteiger partial charge < -0.3 is 15.4 Å². The van der Waals surface area contributed by atoms with Crippen molar-refractivity contribution < 1.29 is 9.53 Å². The summed E-state index contributed by atoms with van der Waals surface area (Å²) in [5.41, 5.74) is 5.12. The number of ether oxygens (including phenoxy) is 1. The average molecular weight is 298 g/mol. The van der Waals surface area contributed by atoms with E-state index < -0.39 is 5.41 Å². The number of rotatable bonds is 4. The molecule has 0 unspecified atom stereocenters. The van der Waals surface area contributed by atoms with Crippen LogP contribution in [0.2, 0.25) is 0 Å². The second kappa shape index (κ2) is 5.98. The van der Waals surface area contributed by atoms with Crippen molar-refractivity contribution in [3.8, 4) is 0 Å². The van der Waals surface area contributed by atoms with Gasteiger partial charge in [-0.15, -0.1) is 11.3 Å². The lowest BCUT2D eigenvalue weighted by atomic mass is 9.78. The van der Waals surface area contributed by atoms with Crippen LogP contribution in [0.4, 0.5) is 0 Å². The highest BCUT2D eigenvalue weighted by Gasteiger charge is 2.44. The Morgan fingerprint density at radius 1 is 1.58 bits per heavy atom. The Morgan fingerprint density at radius 2 is 2.26 bits per heavy atom. The molecule has 2 N–H and O–H groups in total. The summed E-state index contributed by atoms with van der Waals surface area (Å²) < 4.78 is 5.33. The summed E-state index contributed by atoms with van der Waals surface area (Å²) in [6.45, 7) is 1.67. The SMILES string of the molecule is CN(Cc1cccs1)C(=O)C1(C(N)=S)CCOCC1. The standard InChI is InChI=1S/C13H18N2O2S2/c1-15(9-10-3-2-8-19-10)12(16)13(11(14)18)4-6-17-7-5-13/h2-3,8H,4-7,9H2,1H3,(H2,14,18). The number of carbonyl (C=O) groups excluding carboxylic acids is 1. The highest BCUT2D eigenvalue weighted by Crippen LogP contribution is 2.33. The molecule has 0 radical (unpaired) electrons. The van der Waals surface area contributed by atoms with Crippen molar-refractivity contribution in [2.45, 2.75) is 19.4 Å². The summed E-state index contributed by atoms with van der Waals surface area (Å²) in [6, 6.07) is 4.00. The van der Waals surface area contributed by atoms with Crippen LogP contribution in [0.5, 0.6) is 0 Å². The van der Waals surface area contributed by atoms with Crippen molar-refractivity contribution in [2.24, 2.45) is 11.1 Å². The highest BCUT2D eigenvalue weighted by molar-refractivity contribution is 7.80. The average Bonchev–Trinajstić information content (AvgIpc) is 2.91. The molecule has 6 heteroatoms. The van der Waals surface area contributed by atoms with Crippen LogP contribution in [0, 0.1) is 5.41 Å². The second-order valence-corrected chi connectivity index (χ2v) is 6.27. The third kappa shape index (κ3) is 2.96. The molecule has 0 bridgehead atoms. The Labute approximate surface area is 122 Å². The molecule has 2 heterocycles. The van der Waals surface area contributed by atoms with Crippen LogP contribution in [0.15, 0.2) is 17.5 Å². The van der Waals surface area contributed by atoms with Gasteiger partial charge in [0.25, 0.3) is 0 Å². The first-order chi connectivity index (χ1) is 9.06. The van der Waals surface area contributed by atoms with Crippen LogP contribution in [-0.4, -0.2) is 36.1 Å². The van der Waals surface area contributed by atoms with E-state index in [0.717, 1.165) is 4.88 Å². The minimum atomic E-state index is -0.723. The molecule has 4 nitrogen and oxygen atoms in total. The van der Waals surface area contributed by atoms with E-state index in [-0.39, 0.29) is 5.91 Å².